The first kappa shape index (κ1) is 14.2. The summed E-state index contributed by atoms with van der Waals surface area (Å²) in [5, 5.41) is 2.92. The minimum Gasteiger partial charge on any atom is -0.374 e. The number of hydrogen-bond acceptors (Lipinski definition) is 3. The highest BCUT2D eigenvalue weighted by Gasteiger charge is 2.13. The van der Waals surface area contributed by atoms with Crippen molar-refractivity contribution in [2.45, 2.75) is 39.2 Å². The molecule has 3 nitrogen and oxygen atoms in total. The van der Waals surface area contributed by atoms with Gasteiger partial charge in [0, 0.05) is 29.8 Å². The molecule has 0 radical (unpaired) electrons. The summed E-state index contributed by atoms with van der Waals surface area (Å²) in [5.41, 5.74) is 0. The molecular formula is C13H21NO2S. The molecule has 0 aliphatic carbocycles. The molecule has 1 aromatic rings. The molecule has 0 aliphatic rings. The number of nitrogens with one attached hydrogen (secondary N) is 1. The van der Waals surface area contributed by atoms with Crippen LogP contribution in [0.2, 0.25) is 0 Å². The molecule has 96 valence electrons. The maximum atomic E-state index is 11.5. The van der Waals surface area contributed by atoms with Gasteiger partial charge in [0.1, 0.15) is 6.10 Å². The third-order valence-corrected chi connectivity index (χ3v) is 3.70. The molecule has 1 rings (SSSR count). The molecule has 0 bridgehead atoms. The van der Waals surface area contributed by atoms with Crippen molar-refractivity contribution in [1.82, 2.24) is 5.32 Å². The SMILES string of the molecule is CCCCC(=O)NC[C@H](OC)c1ccc(C)s1. The smallest absolute Gasteiger partial charge is 0.220 e. The van der Waals surface area contributed by atoms with Gasteiger partial charge in [-0.2, -0.15) is 0 Å². The Hall–Kier alpha value is -0.870. The van der Waals surface area contributed by atoms with Crippen LogP contribution in [-0.2, 0) is 9.53 Å². The lowest BCUT2D eigenvalue weighted by atomic mass is 10.2. The van der Waals surface area contributed by atoms with Crippen LogP contribution in [0.5, 0.6) is 0 Å². The first-order chi connectivity index (χ1) is 8.17. The van der Waals surface area contributed by atoms with Crippen LogP contribution in [0.25, 0.3) is 0 Å². The lowest BCUT2D eigenvalue weighted by molar-refractivity contribution is -0.121. The molecule has 0 unspecified atom stereocenters. The van der Waals surface area contributed by atoms with Gasteiger partial charge in [0.05, 0.1) is 0 Å². The third kappa shape index (κ3) is 4.88. The van der Waals surface area contributed by atoms with Crippen molar-refractivity contribution in [2.24, 2.45) is 0 Å². The Morgan fingerprint density at radius 2 is 2.29 bits per heavy atom. The Labute approximate surface area is 107 Å². The molecule has 0 fully saturated rings. The second-order valence-corrected chi connectivity index (χ2v) is 5.40. The fourth-order valence-electron chi connectivity index (χ4n) is 1.56. The molecule has 1 heterocycles. The van der Waals surface area contributed by atoms with E-state index in [0.29, 0.717) is 13.0 Å². The largest absolute Gasteiger partial charge is 0.374 e. The summed E-state index contributed by atoms with van der Waals surface area (Å²) >= 11 is 1.71. The predicted molar refractivity (Wildman–Crippen MR) is 71.3 cm³/mol. The van der Waals surface area contributed by atoms with Crippen LogP contribution < -0.4 is 5.32 Å². The van der Waals surface area contributed by atoms with Crippen LogP contribution in [-0.4, -0.2) is 19.6 Å². The third-order valence-electron chi connectivity index (χ3n) is 2.61. The standard InChI is InChI=1S/C13H21NO2S/c1-4-5-6-13(15)14-9-11(16-3)12-8-7-10(2)17-12/h7-8,11H,4-6,9H2,1-3H3,(H,14,15)/t11-/m0/s1. The summed E-state index contributed by atoms with van der Waals surface area (Å²) in [6.45, 7) is 4.71. The predicted octanol–water partition coefficient (Wildman–Crippen LogP) is 3.05. The molecule has 0 aliphatic heterocycles. The van der Waals surface area contributed by atoms with Crippen molar-refractivity contribution in [3.05, 3.63) is 21.9 Å². The Kier molecular flexibility index (Phi) is 6.22. The summed E-state index contributed by atoms with van der Waals surface area (Å²) in [4.78, 5) is 13.9. The van der Waals surface area contributed by atoms with Crippen LogP contribution >= 0.6 is 11.3 Å². The van der Waals surface area contributed by atoms with E-state index in [1.165, 1.54) is 9.75 Å². The topological polar surface area (TPSA) is 38.3 Å². The maximum absolute atomic E-state index is 11.5. The molecule has 1 atom stereocenters. The van der Waals surface area contributed by atoms with Gasteiger partial charge in [-0.25, -0.2) is 0 Å². The summed E-state index contributed by atoms with van der Waals surface area (Å²) in [7, 11) is 1.68. The molecule has 4 heteroatoms. The molecule has 0 spiro atoms. The number of amides is 1. The molecule has 1 aromatic heterocycles. The number of carbonyl (C=O) groups is 1. The number of carbonyl (C=O) groups excluding carboxylic acids is 1. The number of aryl methyl sites for hydroxylation is 1. The Bertz CT molecular complexity index is 349. The summed E-state index contributed by atoms with van der Waals surface area (Å²) in [5.74, 6) is 0.113. The highest BCUT2D eigenvalue weighted by Crippen LogP contribution is 2.24. The van der Waals surface area contributed by atoms with E-state index in [4.69, 9.17) is 4.74 Å². The second-order valence-electron chi connectivity index (χ2n) is 4.08. The molecule has 1 amide bonds. The van der Waals surface area contributed by atoms with Gasteiger partial charge in [0.2, 0.25) is 5.91 Å². The van der Waals surface area contributed by atoms with Crippen molar-refractivity contribution < 1.29 is 9.53 Å². The average Bonchev–Trinajstić information content (AvgIpc) is 2.74. The molecule has 1 N–H and O–H groups in total. The van der Waals surface area contributed by atoms with Gasteiger partial charge in [-0.1, -0.05) is 13.3 Å². The van der Waals surface area contributed by atoms with Gasteiger partial charge < -0.3 is 10.1 Å². The zero-order valence-electron chi connectivity index (χ0n) is 10.8. The Morgan fingerprint density at radius 3 is 2.82 bits per heavy atom. The number of thiophene rings is 1. The summed E-state index contributed by atoms with van der Waals surface area (Å²) in [6.07, 6.45) is 2.57. The number of hydrogen-bond donors (Lipinski definition) is 1. The van der Waals surface area contributed by atoms with Crippen LogP contribution in [0.1, 0.15) is 42.0 Å². The fourth-order valence-corrected chi connectivity index (χ4v) is 2.51. The van der Waals surface area contributed by atoms with Gasteiger partial charge in [-0.05, 0) is 25.5 Å². The van der Waals surface area contributed by atoms with Gasteiger partial charge in [-0.3, -0.25) is 4.79 Å². The normalized spacial score (nSPS) is 12.4. The van der Waals surface area contributed by atoms with Crippen molar-refractivity contribution >= 4 is 17.2 Å². The summed E-state index contributed by atoms with van der Waals surface area (Å²) in [6, 6.07) is 4.14. The molecule has 0 saturated carbocycles. The van der Waals surface area contributed by atoms with Crippen LogP contribution in [0, 0.1) is 6.92 Å². The van der Waals surface area contributed by atoms with E-state index in [1.807, 2.05) is 0 Å². The van der Waals surface area contributed by atoms with Crippen LogP contribution in [0.15, 0.2) is 12.1 Å². The molecule has 17 heavy (non-hydrogen) atoms. The maximum Gasteiger partial charge on any atom is 0.220 e. The van der Waals surface area contributed by atoms with Crippen LogP contribution in [0.4, 0.5) is 0 Å². The molecule has 0 aromatic carbocycles. The Morgan fingerprint density at radius 1 is 1.53 bits per heavy atom. The highest BCUT2D eigenvalue weighted by molar-refractivity contribution is 7.12. The van der Waals surface area contributed by atoms with E-state index in [9.17, 15) is 4.79 Å². The molecular weight excluding hydrogens is 234 g/mol. The Balaban J connectivity index is 2.40. The average molecular weight is 255 g/mol. The van der Waals surface area contributed by atoms with E-state index >= 15 is 0 Å². The van der Waals surface area contributed by atoms with Gasteiger partial charge in [-0.15, -0.1) is 11.3 Å². The number of methoxy groups -OCH3 is 1. The zero-order chi connectivity index (χ0) is 12.7. The van der Waals surface area contributed by atoms with Crippen LogP contribution in [0.3, 0.4) is 0 Å². The van der Waals surface area contributed by atoms with E-state index in [0.717, 1.165) is 12.8 Å². The number of unbranched alkanes of at least 4 members (excludes halogenated alkanes) is 1. The van der Waals surface area contributed by atoms with Crippen molar-refractivity contribution in [1.29, 1.82) is 0 Å². The van der Waals surface area contributed by atoms with E-state index in [1.54, 1.807) is 18.4 Å². The minimum absolute atomic E-state index is 0.0284. The van der Waals surface area contributed by atoms with Crippen molar-refractivity contribution in [3.63, 3.8) is 0 Å². The highest BCUT2D eigenvalue weighted by atomic mass is 32.1. The summed E-state index contributed by atoms with van der Waals surface area (Å²) < 4.78 is 5.40. The van der Waals surface area contributed by atoms with Gasteiger partial charge in [0.25, 0.3) is 0 Å². The number of ether oxygens (including phenoxy) is 1. The molecule has 0 saturated heterocycles. The quantitative estimate of drug-likeness (QED) is 0.813. The first-order valence-electron chi connectivity index (χ1n) is 6.03. The first-order valence-corrected chi connectivity index (χ1v) is 6.84. The zero-order valence-corrected chi connectivity index (χ0v) is 11.6. The van der Waals surface area contributed by atoms with E-state index < -0.39 is 0 Å². The lowest BCUT2D eigenvalue weighted by Gasteiger charge is -2.14. The van der Waals surface area contributed by atoms with E-state index in [-0.39, 0.29) is 12.0 Å². The fraction of sp³-hybridized carbons (Fsp3) is 0.615. The van der Waals surface area contributed by atoms with E-state index in [2.05, 4.69) is 31.3 Å². The van der Waals surface area contributed by atoms with Crippen molar-refractivity contribution in [2.75, 3.05) is 13.7 Å². The lowest BCUT2D eigenvalue weighted by Crippen LogP contribution is -2.28. The van der Waals surface area contributed by atoms with Gasteiger partial charge in [0.15, 0.2) is 0 Å². The van der Waals surface area contributed by atoms with Crippen molar-refractivity contribution in [3.8, 4) is 0 Å². The van der Waals surface area contributed by atoms with Gasteiger partial charge >= 0.3 is 0 Å². The number of rotatable bonds is 7. The monoisotopic (exact) mass is 255 g/mol. The minimum atomic E-state index is -0.0284. The second kappa shape index (κ2) is 7.45.